The number of hydrogen-bond acceptors (Lipinski definition) is 3. The zero-order chi connectivity index (χ0) is 21.6. The van der Waals surface area contributed by atoms with Crippen molar-refractivity contribution in [1.82, 2.24) is 4.90 Å². The van der Waals surface area contributed by atoms with Gasteiger partial charge in [-0.15, -0.1) is 0 Å². The van der Waals surface area contributed by atoms with Crippen LogP contribution in [0.25, 0.3) is 0 Å². The van der Waals surface area contributed by atoms with Crippen molar-refractivity contribution < 1.29 is 19.8 Å². The SMILES string of the molecule is CC(CO)(CCCC1CC(=O)N(CCc2ccc(C(=O)O)cc2)C1)c1ccccc1. The predicted molar refractivity (Wildman–Crippen MR) is 117 cm³/mol. The second-order valence-electron chi connectivity index (χ2n) is 8.64. The molecular weight excluding hydrogens is 378 g/mol. The minimum Gasteiger partial charge on any atom is -0.478 e. The van der Waals surface area contributed by atoms with Crippen LogP contribution in [0.1, 0.15) is 54.1 Å². The highest BCUT2D eigenvalue weighted by molar-refractivity contribution is 5.87. The Morgan fingerprint density at radius 1 is 1.13 bits per heavy atom. The number of hydrogen-bond donors (Lipinski definition) is 2. The summed E-state index contributed by atoms with van der Waals surface area (Å²) in [5.41, 5.74) is 2.23. The third-order valence-corrected chi connectivity index (χ3v) is 6.33. The molecule has 0 spiro atoms. The molecule has 160 valence electrons. The molecular formula is C25H31NO4. The van der Waals surface area contributed by atoms with Crippen molar-refractivity contribution in [1.29, 1.82) is 0 Å². The summed E-state index contributed by atoms with van der Waals surface area (Å²) in [7, 11) is 0. The van der Waals surface area contributed by atoms with Crippen molar-refractivity contribution in [3.8, 4) is 0 Å². The van der Waals surface area contributed by atoms with Gasteiger partial charge >= 0.3 is 5.97 Å². The molecule has 2 N–H and O–H groups in total. The Bertz CT molecular complexity index is 849. The van der Waals surface area contributed by atoms with E-state index in [-0.39, 0.29) is 23.5 Å². The quantitative estimate of drug-likeness (QED) is 0.624. The first kappa shape index (κ1) is 22.0. The number of amides is 1. The summed E-state index contributed by atoms with van der Waals surface area (Å²) in [6, 6.07) is 17.0. The molecule has 1 amide bonds. The molecule has 5 heteroatoms. The Morgan fingerprint density at radius 3 is 2.47 bits per heavy atom. The van der Waals surface area contributed by atoms with Crippen LogP contribution >= 0.6 is 0 Å². The highest BCUT2D eigenvalue weighted by Gasteiger charge is 2.30. The molecule has 2 aromatic rings. The van der Waals surface area contributed by atoms with E-state index in [1.165, 1.54) is 0 Å². The van der Waals surface area contributed by atoms with Gasteiger partial charge in [0.15, 0.2) is 0 Å². The first-order chi connectivity index (χ1) is 14.4. The molecule has 1 fully saturated rings. The predicted octanol–water partition coefficient (Wildman–Crippen LogP) is 3.90. The zero-order valence-corrected chi connectivity index (χ0v) is 17.6. The van der Waals surface area contributed by atoms with Gasteiger partial charge in [0.25, 0.3) is 0 Å². The van der Waals surface area contributed by atoms with Gasteiger partial charge in [0.2, 0.25) is 5.91 Å². The summed E-state index contributed by atoms with van der Waals surface area (Å²) in [4.78, 5) is 25.3. The third-order valence-electron chi connectivity index (χ3n) is 6.33. The van der Waals surface area contributed by atoms with Crippen molar-refractivity contribution in [3.63, 3.8) is 0 Å². The molecule has 2 unspecified atom stereocenters. The number of benzene rings is 2. The van der Waals surface area contributed by atoms with Crippen LogP contribution in [0, 0.1) is 5.92 Å². The maximum atomic E-state index is 12.4. The molecule has 1 aliphatic rings. The van der Waals surface area contributed by atoms with Crippen molar-refractivity contribution >= 4 is 11.9 Å². The lowest BCUT2D eigenvalue weighted by molar-refractivity contribution is -0.127. The average molecular weight is 410 g/mol. The lowest BCUT2D eigenvalue weighted by Crippen LogP contribution is -2.28. The van der Waals surface area contributed by atoms with E-state index < -0.39 is 5.97 Å². The lowest BCUT2D eigenvalue weighted by atomic mass is 9.78. The molecule has 3 rings (SSSR count). The van der Waals surface area contributed by atoms with Crippen LogP contribution in [-0.2, 0) is 16.6 Å². The maximum Gasteiger partial charge on any atom is 0.335 e. The molecule has 0 aliphatic carbocycles. The molecule has 0 radical (unpaired) electrons. The smallest absolute Gasteiger partial charge is 0.335 e. The summed E-state index contributed by atoms with van der Waals surface area (Å²) in [5.74, 6) is -0.357. The molecule has 1 heterocycles. The van der Waals surface area contributed by atoms with Crippen molar-refractivity contribution in [2.75, 3.05) is 19.7 Å². The molecule has 2 aromatic carbocycles. The fraction of sp³-hybridized carbons (Fsp3) is 0.440. The van der Waals surface area contributed by atoms with Gasteiger partial charge in [-0.3, -0.25) is 4.79 Å². The number of carbonyl (C=O) groups is 2. The number of carbonyl (C=O) groups excluding carboxylic acids is 1. The number of rotatable bonds is 10. The maximum absolute atomic E-state index is 12.4. The van der Waals surface area contributed by atoms with E-state index in [1.54, 1.807) is 12.1 Å². The van der Waals surface area contributed by atoms with Crippen LogP contribution in [0.5, 0.6) is 0 Å². The van der Waals surface area contributed by atoms with Gasteiger partial charge in [-0.25, -0.2) is 4.79 Å². The topological polar surface area (TPSA) is 77.8 Å². The Kier molecular flexibility index (Phi) is 7.27. The summed E-state index contributed by atoms with van der Waals surface area (Å²) in [5, 5.41) is 18.9. The average Bonchev–Trinajstić information content (AvgIpc) is 3.12. The summed E-state index contributed by atoms with van der Waals surface area (Å²) < 4.78 is 0. The second-order valence-corrected chi connectivity index (χ2v) is 8.64. The number of nitrogens with zero attached hydrogens (tertiary/aromatic N) is 1. The normalized spacial score (nSPS) is 18.4. The number of aliphatic hydroxyl groups excluding tert-OH is 1. The van der Waals surface area contributed by atoms with Gasteiger partial charge < -0.3 is 15.1 Å². The highest BCUT2D eigenvalue weighted by atomic mass is 16.4. The van der Waals surface area contributed by atoms with Gasteiger partial charge in [-0.05, 0) is 48.4 Å². The minimum absolute atomic E-state index is 0.118. The summed E-state index contributed by atoms with van der Waals surface area (Å²) >= 11 is 0. The van der Waals surface area contributed by atoms with Crippen LogP contribution < -0.4 is 0 Å². The van der Waals surface area contributed by atoms with Crippen LogP contribution in [0.4, 0.5) is 0 Å². The standard InChI is InChI=1S/C25H31NO4/c1-25(18-27,22-7-3-2-4-8-22)14-5-6-20-16-23(28)26(17-20)15-13-19-9-11-21(12-10-19)24(29)30/h2-4,7-12,20,27H,5-6,13-18H2,1H3,(H,29,30). The largest absolute Gasteiger partial charge is 0.478 e. The van der Waals surface area contributed by atoms with E-state index in [9.17, 15) is 14.7 Å². The van der Waals surface area contributed by atoms with Crippen molar-refractivity contribution in [2.24, 2.45) is 5.92 Å². The van der Waals surface area contributed by atoms with Crippen LogP contribution in [0.2, 0.25) is 0 Å². The Morgan fingerprint density at radius 2 is 1.83 bits per heavy atom. The van der Waals surface area contributed by atoms with E-state index in [4.69, 9.17) is 5.11 Å². The number of likely N-dealkylation sites (tertiary alicyclic amines) is 1. The molecule has 1 saturated heterocycles. The van der Waals surface area contributed by atoms with Gasteiger partial charge in [-0.1, -0.05) is 55.8 Å². The van der Waals surface area contributed by atoms with Crippen molar-refractivity contribution in [3.05, 3.63) is 71.3 Å². The molecule has 30 heavy (non-hydrogen) atoms. The fourth-order valence-electron chi connectivity index (χ4n) is 4.28. The zero-order valence-electron chi connectivity index (χ0n) is 17.6. The van der Waals surface area contributed by atoms with E-state index in [2.05, 4.69) is 19.1 Å². The van der Waals surface area contributed by atoms with E-state index >= 15 is 0 Å². The van der Waals surface area contributed by atoms with Gasteiger partial charge in [-0.2, -0.15) is 0 Å². The summed E-state index contributed by atoms with van der Waals surface area (Å²) in [6.45, 7) is 3.67. The lowest BCUT2D eigenvalue weighted by Gasteiger charge is -2.28. The highest BCUT2D eigenvalue weighted by Crippen LogP contribution is 2.31. The number of carboxylic acid groups (broad SMARTS) is 1. The monoisotopic (exact) mass is 409 g/mol. The van der Waals surface area contributed by atoms with E-state index in [1.807, 2.05) is 35.2 Å². The molecule has 0 aromatic heterocycles. The molecule has 5 nitrogen and oxygen atoms in total. The Labute approximate surface area is 178 Å². The molecule has 2 atom stereocenters. The molecule has 0 saturated carbocycles. The first-order valence-corrected chi connectivity index (χ1v) is 10.7. The van der Waals surface area contributed by atoms with Gasteiger partial charge in [0.05, 0.1) is 12.2 Å². The van der Waals surface area contributed by atoms with Crippen LogP contribution in [-0.4, -0.2) is 46.7 Å². The summed E-state index contributed by atoms with van der Waals surface area (Å²) in [6.07, 6.45) is 4.19. The Hall–Kier alpha value is -2.66. The molecule has 1 aliphatic heterocycles. The van der Waals surface area contributed by atoms with E-state index in [0.717, 1.165) is 43.4 Å². The second kappa shape index (κ2) is 9.90. The molecule has 0 bridgehead atoms. The van der Waals surface area contributed by atoms with Crippen LogP contribution in [0.15, 0.2) is 54.6 Å². The number of aliphatic hydroxyl groups is 1. The van der Waals surface area contributed by atoms with E-state index in [0.29, 0.717) is 18.9 Å². The van der Waals surface area contributed by atoms with Gasteiger partial charge in [0.1, 0.15) is 0 Å². The number of aromatic carboxylic acids is 1. The van der Waals surface area contributed by atoms with Crippen molar-refractivity contribution in [2.45, 2.75) is 44.4 Å². The van der Waals surface area contributed by atoms with Crippen LogP contribution in [0.3, 0.4) is 0 Å². The Balaban J connectivity index is 1.45. The minimum atomic E-state index is -0.927. The van der Waals surface area contributed by atoms with Gasteiger partial charge in [0, 0.05) is 24.9 Å². The first-order valence-electron chi connectivity index (χ1n) is 10.7. The number of carboxylic acids is 1. The third kappa shape index (κ3) is 5.48. The fourth-order valence-corrected chi connectivity index (χ4v) is 4.28.